The van der Waals surface area contributed by atoms with Crippen LogP contribution in [0.2, 0.25) is 0 Å². The Bertz CT molecular complexity index is 270. The average molecular weight is 240 g/mol. The molecular weight excluding hydrogens is 225 g/mol. The van der Waals surface area contributed by atoms with Gasteiger partial charge in [-0.2, -0.15) is 13.2 Å². The lowest BCUT2D eigenvalue weighted by Crippen LogP contribution is -2.56. The summed E-state index contributed by atoms with van der Waals surface area (Å²) in [6.45, 7) is 0.597. The fourth-order valence-corrected chi connectivity index (χ4v) is 1.93. The van der Waals surface area contributed by atoms with Crippen molar-refractivity contribution in [1.82, 2.24) is 10.2 Å². The van der Waals surface area contributed by atoms with Crippen molar-refractivity contribution < 1.29 is 23.1 Å². The van der Waals surface area contributed by atoms with Crippen LogP contribution >= 0.6 is 0 Å². The first-order valence-corrected chi connectivity index (χ1v) is 4.92. The van der Waals surface area contributed by atoms with E-state index in [0.717, 1.165) is 0 Å². The fourth-order valence-electron chi connectivity index (χ4n) is 1.93. The van der Waals surface area contributed by atoms with E-state index in [1.807, 2.05) is 0 Å². The van der Waals surface area contributed by atoms with Crippen molar-refractivity contribution in [2.24, 2.45) is 0 Å². The monoisotopic (exact) mass is 240 g/mol. The quantitative estimate of drug-likeness (QED) is 0.762. The van der Waals surface area contributed by atoms with E-state index in [1.54, 1.807) is 18.9 Å². The van der Waals surface area contributed by atoms with Crippen LogP contribution in [-0.4, -0.2) is 53.9 Å². The molecule has 0 aromatic carbocycles. The molecule has 1 rings (SSSR count). The van der Waals surface area contributed by atoms with Crippen molar-refractivity contribution in [3.05, 3.63) is 0 Å². The maximum atomic E-state index is 12.1. The molecule has 1 fully saturated rings. The predicted molar refractivity (Wildman–Crippen MR) is 51.1 cm³/mol. The Morgan fingerprint density at radius 2 is 2.19 bits per heavy atom. The zero-order chi connectivity index (χ0) is 12.6. The van der Waals surface area contributed by atoms with Crippen LogP contribution in [0, 0.1) is 0 Å². The van der Waals surface area contributed by atoms with Gasteiger partial charge in [0.1, 0.15) is 5.54 Å². The Morgan fingerprint density at radius 1 is 1.62 bits per heavy atom. The highest BCUT2D eigenvalue weighted by atomic mass is 19.4. The lowest BCUT2D eigenvalue weighted by molar-refractivity contribution is -0.149. The Morgan fingerprint density at radius 3 is 2.50 bits per heavy atom. The first kappa shape index (κ1) is 13.2. The highest BCUT2D eigenvalue weighted by Gasteiger charge is 2.48. The number of nitrogens with zero attached hydrogens (tertiary/aromatic N) is 1. The summed E-state index contributed by atoms with van der Waals surface area (Å²) in [5.41, 5.74) is -1.48. The lowest BCUT2D eigenvalue weighted by Gasteiger charge is -2.26. The molecule has 0 aromatic rings. The molecule has 2 atom stereocenters. The molecule has 0 spiro atoms. The summed E-state index contributed by atoms with van der Waals surface area (Å²) in [6.07, 6.45) is -4.22. The largest absolute Gasteiger partial charge is 0.480 e. The topological polar surface area (TPSA) is 52.6 Å². The van der Waals surface area contributed by atoms with Crippen molar-refractivity contribution in [2.75, 3.05) is 20.1 Å². The van der Waals surface area contributed by atoms with Gasteiger partial charge in [0.15, 0.2) is 0 Å². The second-order valence-electron chi connectivity index (χ2n) is 4.32. The minimum Gasteiger partial charge on any atom is -0.480 e. The number of carboxylic acids is 1. The number of alkyl halides is 3. The van der Waals surface area contributed by atoms with Crippen molar-refractivity contribution in [3.63, 3.8) is 0 Å². The molecular formula is C9H15F3N2O2. The summed E-state index contributed by atoms with van der Waals surface area (Å²) in [5, 5.41) is 11.2. The van der Waals surface area contributed by atoms with Gasteiger partial charge in [-0.15, -0.1) is 0 Å². The number of halogens is 3. The molecule has 0 aromatic heterocycles. The molecule has 7 heteroatoms. The van der Waals surface area contributed by atoms with Gasteiger partial charge in [-0.25, -0.2) is 0 Å². The Kier molecular flexibility index (Phi) is 3.49. The molecule has 2 N–H and O–H groups in total. The minimum atomic E-state index is -4.40. The van der Waals surface area contributed by atoms with Gasteiger partial charge < -0.3 is 10.0 Å². The van der Waals surface area contributed by atoms with E-state index in [4.69, 9.17) is 5.11 Å². The third-order valence-corrected chi connectivity index (χ3v) is 2.95. The van der Waals surface area contributed by atoms with Crippen LogP contribution in [0.5, 0.6) is 0 Å². The number of hydrogen-bond donors (Lipinski definition) is 2. The SMILES string of the molecule is CC1CC(NCC(F)(F)F)(C(=O)O)CN1C. The molecule has 1 aliphatic rings. The summed E-state index contributed by atoms with van der Waals surface area (Å²) >= 11 is 0. The van der Waals surface area contributed by atoms with Gasteiger partial charge in [-0.3, -0.25) is 10.1 Å². The molecule has 0 amide bonds. The van der Waals surface area contributed by atoms with E-state index < -0.39 is 24.2 Å². The van der Waals surface area contributed by atoms with Crippen LogP contribution in [0.4, 0.5) is 13.2 Å². The number of carbonyl (C=O) groups is 1. The van der Waals surface area contributed by atoms with E-state index in [9.17, 15) is 18.0 Å². The molecule has 1 aliphatic heterocycles. The van der Waals surface area contributed by atoms with Gasteiger partial charge in [-0.05, 0) is 20.4 Å². The van der Waals surface area contributed by atoms with Crippen LogP contribution in [0.3, 0.4) is 0 Å². The number of likely N-dealkylation sites (tertiary alicyclic amines) is 1. The van der Waals surface area contributed by atoms with Crippen molar-refractivity contribution in [1.29, 1.82) is 0 Å². The average Bonchev–Trinajstić information content (AvgIpc) is 2.40. The van der Waals surface area contributed by atoms with Gasteiger partial charge in [0.2, 0.25) is 0 Å². The van der Waals surface area contributed by atoms with Crippen molar-refractivity contribution >= 4 is 5.97 Å². The zero-order valence-corrected chi connectivity index (χ0v) is 9.14. The Labute approximate surface area is 91.4 Å². The first-order valence-electron chi connectivity index (χ1n) is 4.92. The second kappa shape index (κ2) is 4.21. The van der Waals surface area contributed by atoms with E-state index in [0.29, 0.717) is 0 Å². The van der Waals surface area contributed by atoms with Gasteiger partial charge in [0.05, 0.1) is 6.54 Å². The number of carboxylic acid groups (broad SMARTS) is 1. The predicted octanol–water partition coefficient (Wildman–Crippen LogP) is 0.686. The zero-order valence-electron chi connectivity index (χ0n) is 9.14. The van der Waals surface area contributed by atoms with Crippen molar-refractivity contribution in [3.8, 4) is 0 Å². The van der Waals surface area contributed by atoms with Gasteiger partial charge >= 0.3 is 12.1 Å². The molecule has 0 aliphatic carbocycles. The number of hydrogen-bond acceptors (Lipinski definition) is 3. The molecule has 94 valence electrons. The number of rotatable bonds is 3. The normalized spacial score (nSPS) is 31.9. The third kappa shape index (κ3) is 2.85. The third-order valence-electron chi connectivity index (χ3n) is 2.95. The van der Waals surface area contributed by atoms with Crippen LogP contribution in [0.15, 0.2) is 0 Å². The molecule has 0 radical (unpaired) electrons. The van der Waals surface area contributed by atoms with Crippen molar-refractivity contribution in [2.45, 2.75) is 31.1 Å². The number of aliphatic carboxylic acids is 1. The second-order valence-corrected chi connectivity index (χ2v) is 4.32. The highest BCUT2D eigenvalue weighted by Crippen LogP contribution is 2.27. The summed E-state index contributed by atoms with van der Waals surface area (Å²) in [7, 11) is 1.70. The summed E-state index contributed by atoms with van der Waals surface area (Å²) in [4.78, 5) is 12.8. The lowest BCUT2D eigenvalue weighted by atomic mass is 9.96. The molecule has 2 unspecified atom stereocenters. The highest BCUT2D eigenvalue weighted by molar-refractivity contribution is 5.79. The van der Waals surface area contributed by atoms with Crippen LogP contribution in [-0.2, 0) is 4.79 Å². The molecule has 0 saturated carbocycles. The van der Waals surface area contributed by atoms with E-state index in [2.05, 4.69) is 5.32 Å². The van der Waals surface area contributed by atoms with Crippen LogP contribution in [0.25, 0.3) is 0 Å². The Hall–Kier alpha value is -0.820. The molecule has 1 saturated heterocycles. The minimum absolute atomic E-state index is 0.0446. The number of nitrogens with one attached hydrogen (secondary N) is 1. The van der Waals surface area contributed by atoms with Crippen LogP contribution in [0.1, 0.15) is 13.3 Å². The molecule has 16 heavy (non-hydrogen) atoms. The number of likely N-dealkylation sites (N-methyl/N-ethyl adjacent to an activating group) is 1. The van der Waals surface area contributed by atoms with E-state index in [-0.39, 0.29) is 19.0 Å². The summed E-state index contributed by atoms with van der Waals surface area (Å²) in [5.74, 6) is -1.23. The fraction of sp³-hybridized carbons (Fsp3) is 0.889. The Balaban J connectivity index is 2.73. The summed E-state index contributed by atoms with van der Waals surface area (Å²) in [6, 6.07) is -0.0446. The first-order chi connectivity index (χ1) is 7.16. The van der Waals surface area contributed by atoms with Crippen LogP contribution < -0.4 is 5.32 Å². The van der Waals surface area contributed by atoms with Gasteiger partial charge in [-0.1, -0.05) is 0 Å². The molecule has 1 heterocycles. The maximum absolute atomic E-state index is 12.1. The maximum Gasteiger partial charge on any atom is 0.401 e. The standard InChI is InChI=1S/C9H15F3N2O2/c1-6-3-8(7(15)16,5-14(6)2)13-4-9(10,11)12/h6,13H,3-5H2,1-2H3,(H,15,16). The van der Waals surface area contributed by atoms with E-state index >= 15 is 0 Å². The molecule has 4 nitrogen and oxygen atoms in total. The van der Waals surface area contributed by atoms with E-state index in [1.165, 1.54) is 0 Å². The van der Waals surface area contributed by atoms with Gasteiger partial charge in [0.25, 0.3) is 0 Å². The molecule has 0 bridgehead atoms. The summed E-state index contributed by atoms with van der Waals surface area (Å²) < 4.78 is 36.2. The smallest absolute Gasteiger partial charge is 0.401 e. The van der Waals surface area contributed by atoms with Gasteiger partial charge in [0, 0.05) is 12.6 Å².